The molecule has 2 rings (SSSR count). The van der Waals surface area contributed by atoms with E-state index in [9.17, 15) is 9.90 Å². The van der Waals surface area contributed by atoms with E-state index in [1.807, 2.05) is 30.3 Å². The molecule has 0 saturated carbocycles. The topological polar surface area (TPSA) is 52.6 Å². The minimum absolute atomic E-state index is 0.417. The third-order valence-electron chi connectivity index (χ3n) is 3.50. The van der Waals surface area contributed by atoms with Gasteiger partial charge in [0.15, 0.2) is 0 Å². The number of likely N-dealkylation sites (tertiary alicyclic amines) is 1. The first-order valence-corrected chi connectivity index (χ1v) is 6.36. The molecule has 2 unspecified atom stereocenters. The van der Waals surface area contributed by atoms with Crippen molar-refractivity contribution >= 4 is 5.97 Å². The van der Waals surface area contributed by atoms with Gasteiger partial charge in [0.25, 0.3) is 0 Å². The summed E-state index contributed by atoms with van der Waals surface area (Å²) in [7, 11) is 2.09. The van der Waals surface area contributed by atoms with Crippen molar-refractivity contribution < 1.29 is 9.90 Å². The molecule has 0 spiro atoms. The molecule has 1 aliphatic heterocycles. The Bertz CT molecular complexity index is 394. The molecule has 1 aromatic carbocycles. The molecule has 1 aliphatic rings. The molecule has 0 bridgehead atoms. The van der Waals surface area contributed by atoms with Crippen molar-refractivity contribution in [3.05, 3.63) is 35.9 Å². The Balaban J connectivity index is 1.93. The monoisotopic (exact) mass is 248 g/mol. The van der Waals surface area contributed by atoms with Crippen LogP contribution in [-0.2, 0) is 4.79 Å². The van der Waals surface area contributed by atoms with Gasteiger partial charge in [-0.25, -0.2) is 0 Å². The van der Waals surface area contributed by atoms with E-state index in [1.54, 1.807) is 0 Å². The molecule has 2 N–H and O–H groups in total. The standard InChI is InChI=1S/C14H20N2O2/c1-16-8-7-12(10-16)15-9-13(14(17)18)11-5-3-2-4-6-11/h2-6,12-13,15H,7-10H2,1H3,(H,17,18). The highest BCUT2D eigenvalue weighted by Gasteiger charge is 2.23. The minimum Gasteiger partial charge on any atom is -0.481 e. The first kappa shape index (κ1) is 13.1. The van der Waals surface area contributed by atoms with Crippen LogP contribution in [0.25, 0.3) is 0 Å². The number of carboxylic acid groups (broad SMARTS) is 1. The van der Waals surface area contributed by atoms with Gasteiger partial charge in [-0.3, -0.25) is 4.79 Å². The Morgan fingerprint density at radius 3 is 2.78 bits per heavy atom. The van der Waals surface area contributed by atoms with Crippen molar-refractivity contribution in [2.75, 3.05) is 26.7 Å². The largest absolute Gasteiger partial charge is 0.481 e. The van der Waals surface area contributed by atoms with Crippen molar-refractivity contribution in [1.82, 2.24) is 10.2 Å². The Morgan fingerprint density at radius 2 is 2.22 bits per heavy atom. The van der Waals surface area contributed by atoms with E-state index in [1.165, 1.54) is 0 Å². The summed E-state index contributed by atoms with van der Waals surface area (Å²) in [6, 6.07) is 9.84. The Hall–Kier alpha value is -1.39. The fourth-order valence-electron chi connectivity index (χ4n) is 2.42. The van der Waals surface area contributed by atoms with Crippen LogP contribution in [0.3, 0.4) is 0 Å². The molecule has 1 saturated heterocycles. The molecule has 0 aromatic heterocycles. The fraction of sp³-hybridized carbons (Fsp3) is 0.500. The zero-order valence-electron chi connectivity index (χ0n) is 10.7. The molecule has 1 aromatic rings. The average molecular weight is 248 g/mol. The molecule has 18 heavy (non-hydrogen) atoms. The van der Waals surface area contributed by atoms with E-state index in [-0.39, 0.29) is 0 Å². The lowest BCUT2D eigenvalue weighted by Gasteiger charge is -2.17. The molecule has 4 heteroatoms. The van der Waals surface area contributed by atoms with Gasteiger partial charge in [0.1, 0.15) is 0 Å². The first-order valence-electron chi connectivity index (χ1n) is 6.36. The number of hydrogen-bond donors (Lipinski definition) is 2. The number of nitrogens with zero attached hydrogens (tertiary/aromatic N) is 1. The van der Waals surface area contributed by atoms with Crippen LogP contribution >= 0.6 is 0 Å². The third-order valence-corrected chi connectivity index (χ3v) is 3.50. The maximum Gasteiger partial charge on any atom is 0.312 e. The molecule has 4 nitrogen and oxygen atoms in total. The summed E-state index contributed by atoms with van der Waals surface area (Å²) in [5, 5.41) is 12.7. The molecular weight excluding hydrogens is 228 g/mol. The molecule has 0 aliphatic carbocycles. The van der Waals surface area contributed by atoms with Crippen LogP contribution in [0.1, 0.15) is 17.9 Å². The van der Waals surface area contributed by atoms with E-state index < -0.39 is 11.9 Å². The summed E-state index contributed by atoms with van der Waals surface area (Å²) in [6.45, 7) is 2.58. The lowest BCUT2D eigenvalue weighted by atomic mass is 9.99. The van der Waals surface area contributed by atoms with Gasteiger partial charge in [-0.1, -0.05) is 30.3 Å². The van der Waals surface area contributed by atoms with E-state index in [4.69, 9.17) is 0 Å². The summed E-state index contributed by atoms with van der Waals surface area (Å²) >= 11 is 0. The van der Waals surface area contributed by atoms with Crippen LogP contribution in [0.2, 0.25) is 0 Å². The predicted molar refractivity (Wildman–Crippen MR) is 70.7 cm³/mol. The van der Waals surface area contributed by atoms with Crippen LogP contribution in [0, 0.1) is 0 Å². The first-order chi connectivity index (χ1) is 8.66. The molecular formula is C14H20N2O2. The highest BCUT2D eigenvalue weighted by Crippen LogP contribution is 2.16. The second-order valence-corrected chi connectivity index (χ2v) is 4.96. The maximum absolute atomic E-state index is 11.3. The van der Waals surface area contributed by atoms with Gasteiger partial charge < -0.3 is 15.3 Å². The number of carboxylic acids is 1. The van der Waals surface area contributed by atoms with Crippen LogP contribution < -0.4 is 5.32 Å². The van der Waals surface area contributed by atoms with Crippen LogP contribution in [0.4, 0.5) is 0 Å². The quantitative estimate of drug-likeness (QED) is 0.820. The second-order valence-electron chi connectivity index (χ2n) is 4.96. The molecule has 98 valence electrons. The van der Waals surface area contributed by atoms with Crippen molar-refractivity contribution in [1.29, 1.82) is 0 Å². The van der Waals surface area contributed by atoms with Crippen molar-refractivity contribution in [2.24, 2.45) is 0 Å². The van der Waals surface area contributed by atoms with Gasteiger partial charge in [-0.2, -0.15) is 0 Å². The number of likely N-dealkylation sites (N-methyl/N-ethyl adjacent to an activating group) is 1. The van der Waals surface area contributed by atoms with Gasteiger partial charge in [-0.15, -0.1) is 0 Å². The minimum atomic E-state index is -0.764. The second kappa shape index (κ2) is 5.98. The van der Waals surface area contributed by atoms with Crippen LogP contribution in [0.15, 0.2) is 30.3 Å². The van der Waals surface area contributed by atoms with Crippen molar-refractivity contribution in [3.8, 4) is 0 Å². The summed E-state index contributed by atoms with van der Waals surface area (Å²) in [4.78, 5) is 13.6. The zero-order chi connectivity index (χ0) is 13.0. The number of nitrogens with one attached hydrogen (secondary N) is 1. The van der Waals surface area contributed by atoms with Gasteiger partial charge in [-0.05, 0) is 25.6 Å². The lowest BCUT2D eigenvalue weighted by molar-refractivity contribution is -0.138. The van der Waals surface area contributed by atoms with Crippen molar-refractivity contribution in [2.45, 2.75) is 18.4 Å². The maximum atomic E-state index is 11.3. The van der Waals surface area contributed by atoms with Gasteiger partial charge in [0.05, 0.1) is 5.92 Å². The Morgan fingerprint density at radius 1 is 1.50 bits per heavy atom. The lowest BCUT2D eigenvalue weighted by Crippen LogP contribution is -2.36. The summed E-state index contributed by atoms with van der Waals surface area (Å²) < 4.78 is 0. The van der Waals surface area contributed by atoms with Gasteiger partial charge >= 0.3 is 5.97 Å². The normalized spacial score (nSPS) is 21.9. The molecule has 1 heterocycles. The SMILES string of the molecule is CN1CCC(NCC(C(=O)O)c2ccccc2)C1. The molecule has 0 radical (unpaired) electrons. The summed E-state index contributed by atoms with van der Waals surface area (Å²) in [6.07, 6.45) is 1.09. The van der Waals surface area contributed by atoms with Crippen molar-refractivity contribution in [3.63, 3.8) is 0 Å². The summed E-state index contributed by atoms with van der Waals surface area (Å²) in [5.74, 6) is -1.22. The van der Waals surface area contributed by atoms with E-state index in [0.29, 0.717) is 12.6 Å². The third kappa shape index (κ3) is 3.31. The predicted octanol–water partition coefficient (Wildman–Crippen LogP) is 1.15. The number of carbonyl (C=O) groups is 1. The van der Waals surface area contributed by atoms with Crippen LogP contribution in [0.5, 0.6) is 0 Å². The Kier molecular flexibility index (Phi) is 4.33. The van der Waals surface area contributed by atoms with Gasteiger partial charge in [0, 0.05) is 19.1 Å². The van der Waals surface area contributed by atoms with E-state index in [0.717, 1.165) is 25.1 Å². The average Bonchev–Trinajstić information content (AvgIpc) is 2.76. The molecule has 0 amide bonds. The fourth-order valence-corrected chi connectivity index (χ4v) is 2.42. The highest BCUT2D eigenvalue weighted by molar-refractivity contribution is 5.76. The smallest absolute Gasteiger partial charge is 0.312 e. The highest BCUT2D eigenvalue weighted by atomic mass is 16.4. The van der Waals surface area contributed by atoms with Crippen LogP contribution in [-0.4, -0.2) is 48.7 Å². The molecule has 2 atom stereocenters. The Labute approximate surface area is 108 Å². The number of hydrogen-bond acceptors (Lipinski definition) is 3. The summed E-state index contributed by atoms with van der Waals surface area (Å²) in [5.41, 5.74) is 0.865. The zero-order valence-corrected chi connectivity index (χ0v) is 10.7. The van der Waals surface area contributed by atoms with E-state index in [2.05, 4.69) is 17.3 Å². The van der Waals surface area contributed by atoms with Gasteiger partial charge in [0.2, 0.25) is 0 Å². The number of aliphatic carboxylic acids is 1. The number of benzene rings is 1. The molecule has 1 fully saturated rings. The number of rotatable bonds is 5. The van der Waals surface area contributed by atoms with E-state index >= 15 is 0 Å².